The molecule has 0 radical (unpaired) electrons. The Hall–Kier alpha value is -2.97. The van der Waals surface area contributed by atoms with Gasteiger partial charge in [-0.1, -0.05) is 0 Å². The van der Waals surface area contributed by atoms with Crippen LogP contribution >= 0.6 is 0 Å². The number of amides is 2. The van der Waals surface area contributed by atoms with Crippen LogP contribution in [-0.2, 0) is 4.79 Å². The standard InChI is InChI=1S/C14H15N3O6/c1-16-7-10(2-3-12(16)18)15-13(19)8-4-9(14(20)21)6-11(5-8)17(22)23/h4-6,10H,2-3,7H2,1H3,(H,15,19)(H,20,21). The first kappa shape index (κ1) is 16.4. The molecule has 0 saturated carbocycles. The minimum absolute atomic E-state index is 0.0148. The number of non-ortho nitro benzene ring substituents is 1. The van der Waals surface area contributed by atoms with E-state index in [0.29, 0.717) is 19.4 Å². The Labute approximate surface area is 131 Å². The van der Waals surface area contributed by atoms with Gasteiger partial charge in [-0.2, -0.15) is 0 Å². The molecule has 1 aromatic rings. The third kappa shape index (κ3) is 3.82. The number of nitrogens with one attached hydrogen (secondary N) is 1. The molecule has 1 aromatic carbocycles. The van der Waals surface area contributed by atoms with Gasteiger partial charge in [0.1, 0.15) is 0 Å². The van der Waals surface area contributed by atoms with E-state index in [1.807, 2.05) is 0 Å². The zero-order valence-corrected chi connectivity index (χ0v) is 12.3. The Morgan fingerprint density at radius 3 is 2.57 bits per heavy atom. The topological polar surface area (TPSA) is 130 Å². The highest BCUT2D eigenvalue weighted by Gasteiger charge is 2.25. The maximum Gasteiger partial charge on any atom is 0.335 e. The number of likely N-dealkylation sites (N-methyl/N-ethyl adjacent to an activating group) is 1. The molecule has 0 bridgehead atoms. The number of carboxylic acid groups (broad SMARTS) is 1. The van der Waals surface area contributed by atoms with Crippen LogP contribution in [0.3, 0.4) is 0 Å². The van der Waals surface area contributed by atoms with Crippen molar-refractivity contribution in [1.29, 1.82) is 0 Å². The summed E-state index contributed by atoms with van der Waals surface area (Å²) in [5.74, 6) is -1.98. The second kappa shape index (κ2) is 6.42. The number of nitro benzene ring substituents is 1. The van der Waals surface area contributed by atoms with Gasteiger partial charge in [0.05, 0.1) is 10.5 Å². The van der Waals surface area contributed by atoms with Gasteiger partial charge in [-0.25, -0.2) is 4.79 Å². The number of aromatic carboxylic acids is 1. The van der Waals surface area contributed by atoms with E-state index in [2.05, 4.69) is 5.32 Å². The molecular weight excluding hydrogens is 306 g/mol. The van der Waals surface area contributed by atoms with Crippen LogP contribution in [0.25, 0.3) is 0 Å². The fourth-order valence-electron chi connectivity index (χ4n) is 2.37. The lowest BCUT2D eigenvalue weighted by Gasteiger charge is -2.30. The molecule has 2 N–H and O–H groups in total. The normalized spacial score (nSPS) is 17.7. The fraction of sp³-hybridized carbons (Fsp3) is 0.357. The van der Waals surface area contributed by atoms with E-state index in [1.165, 1.54) is 4.90 Å². The first-order valence-electron chi connectivity index (χ1n) is 6.85. The number of benzene rings is 1. The van der Waals surface area contributed by atoms with Crippen LogP contribution < -0.4 is 5.32 Å². The van der Waals surface area contributed by atoms with Crippen LogP contribution in [0.1, 0.15) is 33.6 Å². The number of hydrogen-bond acceptors (Lipinski definition) is 5. The number of nitro groups is 1. The summed E-state index contributed by atoms with van der Waals surface area (Å²) in [5.41, 5.74) is -0.901. The molecule has 1 aliphatic rings. The molecule has 1 atom stereocenters. The molecule has 2 rings (SSSR count). The van der Waals surface area contributed by atoms with Crippen LogP contribution in [0, 0.1) is 10.1 Å². The van der Waals surface area contributed by atoms with Gasteiger partial charge in [-0.05, 0) is 12.5 Å². The summed E-state index contributed by atoms with van der Waals surface area (Å²) < 4.78 is 0. The summed E-state index contributed by atoms with van der Waals surface area (Å²) in [6.45, 7) is 0.339. The molecule has 0 aromatic heterocycles. The van der Waals surface area contributed by atoms with Crippen molar-refractivity contribution >= 4 is 23.5 Å². The van der Waals surface area contributed by atoms with Gasteiger partial charge >= 0.3 is 5.97 Å². The number of rotatable bonds is 4. The number of nitrogens with zero attached hydrogens (tertiary/aromatic N) is 2. The van der Waals surface area contributed by atoms with Crippen LogP contribution in [0.4, 0.5) is 5.69 Å². The third-order valence-corrected chi connectivity index (χ3v) is 3.60. The lowest BCUT2D eigenvalue weighted by atomic mass is 10.0. The highest BCUT2D eigenvalue weighted by molar-refractivity contribution is 5.98. The molecule has 1 aliphatic heterocycles. The molecular formula is C14H15N3O6. The molecule has 2 amide bonds. The number of carboxylic acids is 1. The average molecular weight is 321 g/mol. The zero-order chi connectivity index (χ0) is 17.1. The monoisotopic (exact) mass is 321 g/mol. The third-order valence-electron chi connectivity index (χ3n) is 3.60. The van der Waals surface area contributed by atoms with Crippen molar-refractivity contribution in [3.8, 4) is 0 Å². The van der Waals surface area contributed by atoms with E-state index in [4.69, 9.17) is 5.11 Å². The van der Waals surface area contributed by atoms with Crippen LogP contribution in [0.5, 0.6) is 0 Å². The minimum Gasteiger partial charge on any atom is -0.478 e. The average Bonchev–Trinajstić information content (AvgIpc) is 2.50. The van der Waals surface area contributed by atoms with Gasteiger partial charge in [0, 0.05) is 43.8 Å². The molecule has 1 heterocycles. The van der Waals surface area contributed by atoms with E-state index in [9.17, 15) is 24.5 Å². The first-order valence-corrected chi connectivity index (χ1v) is 6.85. The molecule has 122 valence electrons. The second-order valence-electron chi connectivity index (χ2n) is 5.31. The van der Waals surface area contributed by atoms with Gasteiger partial charge in [0.25, 0.3) is 11.6 Å². The Bertz CT molecular complexity index is 655. The van der Waals surface area contributed by atoms with E-state index >= 15 is 0 Å². The Morgan fingerprint density at radius 1 is 1.35 bits per heavy atom. The summed E-state index contributed by atoms with van der Waals surface area (Å²) in [4.78, 5) is 46.2. The molecule has 1 unspecified atom stereocenters. The molecule has 9 nitrogen and oxygen atoms in total. The highest BCUT2D eigenvalue weighted by Crippen LogP contribution is 2.18. The lowest BCUT2D eigenvalue weighted by Crippen LogP contribution is -2.48. The molecule has 0 aliphatic carbocycles. The van der Waals surface area contributed by atoms with E-state index in [0.717, 1.165) is 18.2 Å². The van der Waals surface area contributed by atoms with Crippen LogP contribution in [0.2, 0.25) is 0 Å². The molecule has 9 heteroatoms. The maximum absolute atomic E-state index is 12.2. The summed E-state index contributed by atoms with van der Waals surface area (Å²) >= 11 is 0. The number of carbonyl (C=O) groups is 3. The predicted molar refractivity (Wildman–Crippen MR) is 78.2 cm³/mol. The summed E-state index contributed by atoms with van der Waals surface area (Å²) in [5, 5.41) is 22.5. The Morgan fingerprint density at radius 2 is 2.00 bits per heavy atom. The number of likely N-dealkylation sites (tertiary alicyclic amines) is 1. The van der Waals surface area contributed by atoms with Gasteiger partial charge in [0.15, 0.2) is 0 Å². The van der Waals surface area contributed by atoms with Gasteiger partial charge in [0.2, 0.25) is 5.91 Å². The van der Waals surface area contributed by atoms with Gasteiger partial charge in [-0.3, -0.25) is 19.7 Å². The van der Waals surface area contributed by atoms with E-state index in [-0.39, 0.29) is 23.1 Å². The van der Waals surface area contributed by atoms with Crippen LogP contribution in [-0.4, -0.2) is 52.3 Å². The first-order chi connectivity index (χ1) is 10.8. The molecule has 0 spiro atoms. The largest absolute Gasteiger partial charge is 0.478 e. The maximum atomic E-state index is 12.2. The summed E-state index contributed by atoms with van der Waals surface area (Å²) in [6.07, 6.45) is 0.770. The van der Waals surface area contributed by atoms with Gasteiger partial charge in [-0.15, -0.1) is 0 Å². The summed E-state index contributed by atoms with van der Waals surface area (Å²) in [6, 6.07) is 2.73. The highest BCUT2D eigenvalue weighted by atomic mass is 16.6. The summed E-state index contributed by atoms with van der Waals surface area (Å²) in [7, 11) is 1.62. The van der Waals surface area contributed by atoms with E-state index in [1.54, 1.807) is 7.05 Å². The molecule has 1 fully saturated rings. The minimum atomic E-state index is -1.36. The fourth-order valence-corrected chi connectivity index (χ4v) is 2.37. The molecule has 1 saturated heterocycles. The van der Waals surface area contributed by atoms with Crippen molar-refractivity contribution in [2.45, 2.75) is 18.9 Å². The number of carbonyl (C=O) groups excluding carboxylic acids is 2. The Kier molecular flexibility index (Phi) is 4.58. The van der Waals surface area contributed by atoms with Crippen molar-refractivity contribution in [3.05, 3.63) is 39.4 Å². The van der Waals surface area contributed by atoms with Crippen molar-refractivity contribution < 1.29 is 24.4 Å². The smallest absolute Gasteiger partial charge is 0.335 e. The number of piperidine rings is 1. The lowest BCUT2D eigenvalue weighted by molar-refractivity contribution is -0.384. The van der Waals surface area contributed by atoms with Gasteiger partial charge < -0.3 is 15.3 Å². The zero-order valence-electron chi connectivity index (χ0n) is 12.3. The second-order valence-corrected chi connectivity index (χ2v) is 5.31. The quantitative estimate of drug-likeness (QED) is 0.618. The Balaban J connectivity index is 2.20. The van der Waals surface area contributed by atoms with E-state index < -0.39 is 22.5 Å². The van der Waals surface area contributed by atoms with Crippen LogP contribution in [0.15, 0.2) is 18.2 Å². The number of hydrogen-bond donors (Lipinski definition) is 2. The van der Waals surface area contributed by atoms with Crippen molar-refractivity contribution in [2.24, 2.45) is 0 Å². The SMILES string of the molecule is CN1CC(NC(=O)c2cc(C(=O)O)cc([N+](=O)[O-])c2)CCC1=O. The molecule has 23 heavy (non-hydrogen) atoms. The van der Waals surface area contributed by atoms with Crippen molar-refractivity contribution in [1.82, 2.24) is 10.2 Å². The van der Waals surface area contributed by atoms with Crippen molar-refractivity contribution in [3.63, 3.8) is 0 Å². The predicted octanol–water partition coefficient (Wildman–Crippen LogP) is 0.644. The van der Waals surface area contributed by atoms with Crippen molar-refractivity contribution in [2.75, 3.05) is 13.6 Å².